The highest BCUT2D eigenvalue weighted by Gasteiger charge is 2.15. The Labute approximate surface area is 175 Å². The fourth-order valence-corrected chi connectivity index (χ4v) is 3.26. The zero-order valence-corrected chi connectivity index (χ0v) is 17.5. The van der Waals surface area contributed by atoms with Crippen molar-refractivity contribution < 1.29 is 4.79 Å². The monoisotopic (exact) mass is 458 g/mol. The van der Waals surface area contributed by atoms with Crippen LogP contribution in [0.3, 0.4) is 0 Å². The number of aromatic nitrogens is 3. The minimum atomic E-state index is -0.285. The first kappa shape index (κ1) is 20.1. The van der Waals surface area contributed by atoms with E-state index in [4.69, 9.17) is 5.73 Å². The van der Waals surface area contributed by atoms with Crippen molar-refractivity contribution in [1.82, 2.24) is 15.0 Å². The number of thioether (sulfide) groups is 1. The zero-order valence-electron chi connectivity index (χ0n) is 15.1. The third kappa shape index (κ3) is 5.93. The summed E-state index contributed by atoms with van der Waals surface area (Å²) >= 11 is 4.80. The molecule has 3 aromatic rings. The van der Waals surface area contributed by atoms with Gasteiger partial charge in [-0.25, -0.2) is 0 Å². The molecule has 9 heteroatoms. The Balaban J connectivity index is 1.58. The molecule has 4 N–H and O–H groups in total. The SMILES string of the molecule is CC(SCc1nc(N)nc(Nc2ccccc2)n1)C(=O)Nc1ccc(Br)cc1. The van der Waals surface area contributed by atoms with Gasteiger partial charge in [0.25, 0.3) is 0 Å². The highest BCUT2D eigenvalue weighted by molar-refractivity contribution is 9.10. The number of para-hydroxylation sites is 1. The molecule has 0 aliphatic rings. The Morgan fingerprint density at radius 3 is 2.50 bits per heavy atom. The molecule has 0 spiro atoms. The summed E-state index contributed by atoms with van der Waals surface area (Å²) in [7, 11) is 0. The van der Waals surface area contributed by atoms with Crippen molar-refractivity contribution in [3.8, 4) is 0 Å². The van der Waals surface area contributed by atoms with Gasteiger partial charge in [-0.05, 0) is 43.3 Å². The highest BCUT2D eigenvalue weighted by atomic mass is 79.9. The predicted octanol–water partition coefficient (Wildman–Crippen LogP) is 4.22. The van der Waals surface area contributed by atoms with Gasteiger partial charge in [0, 0.05) is 15.8 Å². The lowest BCUT2D eigenvalue weighted by molar-refractivity contribution is -0.115. The Morgan fingerprint density at radius 1 is 1.07 bits per heavy atom. The Morgan fingerprint density at radius 2 is 1.79 bits per heavy atom. The van der Waals surface area contributed by atoms with Crippen LogP contribution < -0.4 is 16.4 Å². The molecule has 1 amide bonds. The van der Waals surface area contributed by atoms with Crippen LogP contribution >= 0.6 is 27.7 Å². The summed E-state index contributed by atoms with van der Waals surface area (Å²) in [6, 6.07) is 17.0. The van der Waals surface area contributed by atoms with Gasteiger partial charge in [-0.1, -0.05) is 34.1 Å². The number of nitrogens with one attached hydrogen (secondary N) is 2. The largest absolute Gasteiger partial charge is 0.368 e. The lowest BCUT2D eigenvalue weighted by Crippen LogP contribution is -2.22. The number of rotatable bonds is 7. The van der Waals surface area contributed by atoms with Crippen LogP contribution in [-0.4, -0.2) is 26.1 Å². The van der Waals surface area contributed by atoms with Gasteiger partial charge >= 0.3 is 0 Å². The van der Waals surface area contributed by atoms with Crippen molar-refractivity contribution in [2.45, 2.75) is 17.9 Å². The van der Waals surface area contributed by atoms with Gasteiger partial charge in [-0.3, -0.25) is 4.79 Å². The molecule has 1 heterocycles. The van der Waals surface area contributed by atoms with E-state index in [2.05, 4.69) is 41.5 Å². The van der Waals surface area contributed by atoms with Gasteiger partial charge in [0.05, 0.1) is 11.0 Å². The molecule has 2 aromatic carbocycles. The van der Waals surface area contributed by atoms with Gasteiger partial charge in [-0.2, -0.15) is 15.0 Å². The number of nitrogens with two attached hydrogens (primary N) is 1. The summed E-state index contributed by atoms with van der Waals surface area (Å²) in [6.45, 7) is 1.84. The van der Waals surface area contributed by atoms with Gasteiger partial charge in [0.15, 0.2) is 0 Å². The summed E-state index contributed by atoms with van der Waals surface area (Å²) < 4.78 is 0.959. The lowest BCUT2D eigenvalue weighted by Gasteiger charge is -2.12. The molecule has 0 fully saturated rings. The van der Waals surface area contributed by atoms with E-state index >= 15 is 0 Å². The van der Waals surface area contributed by atoms with Crippen LogP contribution in [0.25, 0.3) is 0 Å². The Hall–Kier alpha value is -2.65. The third-order valence-electron chi connectivity index (χ3n) is 3.67. The fourth-order valence-electron chi connectivity index (χ4n) is 2.26. The van der Waals surface area contributed by atoms with Crippen molar-refractivity contribution >= 4 is 56.9 Å². The molecule has 1 aromatic heterocycles. The maximum absolute atomic E-state index is 12.4. The number of benzene rings is 2. The van der Waals surface area contributed by atoms with E-state index in [0.29, 0.717) is 17.5 Å². The third-order valence-corrected chi connectivity index (χ3v) is 5.34. The van der Waals surface area contributed by atoms with E-state index < -0.39 is 0 Å². The molecule has 7 nitrogen and oxygen atoms in total. The molecule has 0 aliphatic heterocycles. The summed E-state index contributed by atoms with van der Waals surface area (Å²) in [5.74, 6) is 1.37. The molecule has 0 saturated carbocycles. The number of nitrogen functional groups attached to an aromatic ring is 1. The normalized spacial score (nSPS) is 11.6. The van der Waals surface area contributed by atoms with Crippen molar-refractivity contribution in [3.63, 3.8) is 0 Å². The predicted molar refractivity (Wildman–Crippen MR) is 117 cm³/mol. The first-order chi connectivity index (χ1) is 13.5. The Bertz CT molecular complexity index is 939. The molecule has 3 rings (SSSR count). The molecule has 0 aliphatic carbocycles. The second kappa shape index (κ2) is 9.52. The highest BCUT2D eigenvalue weighted by Crippen LogP contribution is 2.20. The number of hydrogen-bond donors (Lipinski definition) is 3. The first-order valence-electron chi connectivity index (χ1n) is 8.50. The average molecular weight is 459 g/mol. The summed E-state index contributed by atoms with van der Waals surface area (Å²) in [5, 5.41) is 5.70. The second-order valence-electron chi connectivity index (χ2n) is 5.87. The van der Waals surface area contributed by atoms with Crippen LogP contribution in [0.2, 0.25) is 0 Å². The molecule has 144 valence electrons. The van der Waals surface area contributed by atoms with Gasteiger partial charge < -0.3 is 16.4 Å². The first-order valence-corrected chi connectivity index (χ1v) is 10.3. The number of nitrogens with zero attached hydrogens (tertiary/aromatic N) is 3. The van der Waals surface area contributed by atoms with E-state index in [1.165, 1.54) is 11.8 Å². The van der Waals surface area contributed by atoms with Crippen LogP contribution in [0.15, 0.2) is 59.1 Å². The molecule has 0 radical (unpaired) electrons. The molecule has 28 heavy (non-hydrogen) atoms. The van der Waals surface area contributed by atoms with E-state index in [-0.39, 0.29) is 17.1 Å². The van der Waals surface area contributed by atoms with Crippen molar-refractivity contribution in [2.24, 2.45) is 0 Å². The van der Waals surface area contributed by atoms with E-state index in [1.54, 1.807) is 0 Å². The standard InChI is InChI=1S/C19H19BrN6OS/c1-12(17(27)22-15-9-7-13(20)8-10-15)28-11-16-24-18(21)26-19(25-16)23-14-5-3-2-4-6-14/h2-10,12H,11H2,1H3,(H,22,27)(H3,21,23,24,25,26). The summed E-state index contributed by atoms with van der Waals surface area (Å²) in [6.07, 6.45) is 0. The van der Waals surface area contributed by atoms with Crippen LogP contribution in [-0.2, 0) is 10.5 Å². The topological polar surface area (TPSA) is 106 Å². The maximum Gasteiger partial charge on any atom is 0.237 e. The molecule has 0 bridgehead atoms. The number of carbonyl (C=O) groups excluding carboxylic acids is 1. The number of halogens is 1. The van der Waals surface area contributed by atoms with Crippen molar-refractivity contribution in [1.29, 1.82) is 0 Å². The number of hydrogen-bond acceptors (Lipinski definition) is 7. The number of anilines is 4. The lowest BCUT2D eigenvalue weighted by atomic mass is 10.3. The van der Waals surface area contributed by atoms with E-state index in [1.807, 2.05) is 61.5 Å². The minimum Gasteiger partial charge on any atom is -0.368 e. The molecule has 0 saturated heterocycles. The summed E-state index contributed by atoms with van der Waals surface area (Å²) in [5.41, 5.74) is 7.40. The van der Waals surface area contributed by atoms with E-state index in [9.17, 15) is 4.79 Å². The van der Waals surface area contributed by atoms with Gasteiger partial charge in [-0.15, -0.1) is 11.8 Å². The fraction of sp³-hybridized carbons (Fsp3) is 0.158. The van der Waals surface area contributed by atoms with Gasteiger partial charge in [0.2, 0.25) is 17.8 Å². The maximum atomic E-state index is 12.4. The quantitative estimate of drug-likeness (QED) is 0.486. The van der Waals surface area contributed by atoms with E-state index in [0.717, 1.165) is 15.8 Å². The molecular weight excluding hydrogens is 440 g/mol. The van der Waals surface area contributed by atoms with Crippen LogP contribution in [0.5, 0.6) is 0 Å². The zero-order chi connectivity index (χ0) is 19.9. The molecule has 1 atom stereocenters. The smallest absolute Gasteiger partial charge is 0.237 e. The summed E-state index contributed by atoms with van der Waals surface area (Å²) in [4.78, 5) is 25.0. The Kier molecular flexibility index (Phi) is 6.83. The second-order valence-corrected chi connectivity index (χ2v) is 8.12. The van der Waals surface area contributed by atoms with Crippen LogP contribution in [0.1, 0.15) is 12.7 Å². The van der Waals surface area contributed by atoms with Gasteiger partial charge in [0.1, 0.15) is 5.82 Å². The molecule has 1 unspecified atom stereocenters. The van der Waals surface area contributed by atoms with Crippen LogP contribution in [0.4, 0.5) is 23.3 Å². The minimum absolute atomic E-state index is 0.0861. The number of amides is 1. The molecular formula is C19H19BrN6OS. The van der Waals surface area contributed by atoms with Crippen molar-refractivity contribution in [2.75, 3.05) is 16.4 Å². The average Bonchev–Trinajstić information content (AvgIpc) is 2.68. The van der Waals surface area contributed by atoms with Crippen molar-refractivity contribution in [3.05, 3.63) is 64.9 Å². The van der Waals surface area contributed by atoms with Crippen LogP contribution in [0, 0.1) is 0 Å². The number of carbonyl (C=O) groups is 1.